The van der Waals surface area contributed by atoms with Gasteiger partial charge in [0.05, 0.1) is 64.1 Å². The fraction of sp³-hybridized carbons (Fsp3) is 0.270. The van der Waals surface area contributed by atoms with Gasteiger partial charge in [0.2, 0.25) is 0 Å². The molecule has 1 heterocycles. The molecule has 32 nitrogen and oxygen atoms in total. The molecule has 0 amide bonds. The maximum atomic E-state index is 11.2. The Hall–Kier alpha value is -14.9. The molecule has 0 aliphatic rings. The summed E-state index contributed by atoms with van der Waals surface area (Å²) in [5, 5.41) is 101. The Balaban J connectivity index is 0.000000248. The van der Waals surface area contributed by atoms with Crippen molar-refractivity contribution in [1.29, 1.82) is 0 Å². The van der Waals surface area contributed by atoms with Gasteiger partial charge in [-0.15, -0.1) is 0 Å². The number of fused-ring (bicyclic) bond motifs is 4. The molecule has 11 aromatic carbocycles. The summed E-state index contributed by atoms with van der Waals surface area (Å²) >= 11 is 0. The minimum absolute atomic E-state index is 0.0400. The highest BCUT2D eigenvalue weighted by Gasteiger charge is 2.29. The number of para-hydroxylation sites is 6. The van der Waals surface area contributed by atoms with Crippen molar-refractivity contribution in [2.24, 2.45) is 0 Å². The topological polar surface area (TPSA) is 446 Å². The van der Waals surface area contributed by atoms with Crippen LogP contribution in [0.4, 0.5) is 51.2 Å². The van der Waals surface area contributed by atoms with E-state index >= 15 is 0 Å². The Kier molecular flexibility index (Phi) is 37.4. The van der Waals surface area contributed by atoms with Gasteiger partial charge in [-0.05, 0) is 128 Å². The molecular weight excluding hydrogens is 1560 g/mol. The zero-order valence-electron chi connectivity index (χ0n) is 69.5. The first-order chi connectivity index (χ1) is 57.5. The van der Waals surface area contributed by atoms with Gasteiger partial charge in [-0.3, -0.25) is 95.8 Å². The van der Waals surface area contributed by atoms with E-state index < -0.39 is 20.9 Å². The van der Waals surface area contributed by atoms with Crippen LogP contribution in [0.5, 0.6) is 11.5 Å². The summed E-state index contributed by atoms with van der Waals surface area (Å²) in [6.45, 7) is 24.5. The van der Waals surface area contributed by atoms with Crippen molar-refractivity contribution < 1.29 is 67.7 Å². The molecule has 634 valence electrons. The van der Waals surface area contributed by atoms with E-state index in [0.717, 1.165) is 54.9 Å². The number of methoxy groups -OCH3 is 2. The largest absolute Gasteiger partial charge is 0.496 e. The number of rotatable bonds is 23. The molecule has 0 aliphatic heterocycles. The van der Waals surface area contributed by atoms with E-state index in [1.54, 1.807) is 156 Å². The standard InChI is InChI=1S/C16H16N2O4.C14H11NO3.C12H11NO2.C11H15NO3.C10H13NO3.C9H9NO4.C9H11NO2.C8H9NO2/c1-11(13-7-3-5-9-15(13)17(19)20)12(2)14-8-4-6-10-16(14)18(21)22;1-2-9-7-14-11(8-12(9)15(16)17)10-5-3-4-6-13(10)18-14;1-2-9-7-10-5-3-4-6-11(10)8-12(9)13(14)15;1-7(2)9-6-11(15-4)8(3)5-10(9)12(13)14;1-4-8-6-10(14-3)7(2)5-9(8)11(12)13;1-7(14-6-11)8-4-2-3-5-9(8)10(12)13;1-7(2)8-5-3-4-6-9(8)10(11)12;1-2-7-5-3-4-6-8(7)9(10)11/h3-12H,1-2H3;3-8H,2H2,1H3;3-8H,2H2,1H3;5-7H,1-4H3;5-6H,4H2,1-3H3;2-7H,1H3;3-7H,1-2H3;3-6H,2H2,1H3. The first kappa shape index (κ1) is 96.7. The van der Waals surface area contributed by atoms with Gasteiger partial charge in [0.25, 0.3) is 57.7 Å². The second-order valence-electron chi connectivity index (χ2n) is 27.6. The second-order valence-corrected chi connectivity index (χ2v) is 27.6. The van der Waals surface area contributed by atoms with Gasteiger partial charge in [0.1, 0.15) is 28.8 Å². The van der Waals surface area contributed by atoms with Crippen LogP contribution in [-0.2, 0) is 35.2 Å². The molecule has 0 N–H and O–H groups in total. The van der Waals surface area contributed by atoms with Crippen LogP contribution in [0, 0.1) is 105 Å². The summed E-state index contributed by atoms with van der Waals surface area (Å²) in [6, 6.07) is 61.6. The summed E-state index contributed by atoms with van der Waals surface area (Å²) in [6.07, 6.45) is 2.03. The molecule has 3 atom stereocenters. The first-order valence-corrected chi connectivity index (χ1v) is 38.1. The van der Waals surface area contributed by atoms with Gasteiger partial charge in [-0.1, -0.05) is 197 Å². The van der Waals surface area contributed by atoms with Crippen LogP contribution in [0.15, 0.2) is 223 Å². The third kappa shape index (κ3) is 26.6. The summed E-state index contributed by atoms with van der Waals surface area (Å²) in [5.41, 5.74) is 10.3. The van der Waals surface area contributed by atoms with Crippen LogP contribution >= 0.6 is 0 Å². The van der Waals surface area contributed by atoms with Gasteiger partial charge >= 0.3 is 0 Å². The normalized spacial score (nSPS) is 11.1. The van der Waals surface area contributed by atoms with Crippen molar-refractivity contribution in [3.05, 3.63) is 371 Å². The minimum atomic E-state index is -0.603. The Morgan fingerprint density at radius 1 is 0.314 bits per heavy atom. The van der Waals surface area contributed by atoms with Crippen LogP contribution < -0.4 is 9.47 Å². The van der Waals surface area contributed by atoms with Crippen molar-refractivity contribution in [3.8, 4) is 11.5 Å². The van der Waals surface area contributed by atoms with E-state index in [9.17, 15) is 95.8 Å². The summed E-state index contributed by atoms with van der Waals surface area (Å²) in [7, 11) is 3.13. The van der Waals surface area contributed by atoms with E-state index in [1.165, 1.54) is 30.3 Å². The molecule has 121 heavy (non-hydrogen) atoms. The highest BCUT2D eigenvalue weighted by Crippen LogP contribution is 2.41. The molecule has 0 aliphatic carbocycles. The number of hydrogen-bond donors (Lipinski definition) is 0. The molecular formula is C89H95N9O23. The van der Waals surface area contributed by atoms with Crippen LogP contribution in [0.3, 0.4) is 0 Å². The zero-order valence-corrected chi connectivity index (χ0v) is 69.5. The number of ether oxygens (including phenoxy) is 3. The molecule has 0 saturated carbocycles. The quantitative estimate of drug-likeness (QED) is 0.0326. The van der Waals surface area contributed by atoms with E-state index in [2.05, 4.69) is 4.74 Å². The van der Waals surface area contributed by atoms with Crippen LogP contribution in [-0.4, -0.2) is 65.0 Å². The Morgan fingerprint density at radius 2 is 0.645 bits per heavy atom. The number of nitrogens with zero attached hydrogens (tertiary/aromatic N) is 9. The summed E-state index contributed by atoms with van der Waals surface area (Å²) in [4.78, 5) is 104. The average molecular weight is 1660 g/mol. The fourth-order valence-electron chi connectivity index (χ4n) is 12.8. The smallest absolute Gasteiger partial charge is 0.293 e. The lowest BCUT2D eigenvalue weighted by Gasteiger charge is -2.20. The van der Waals surface area contributed by atoms with Gasteiger partial charge in [-0.25, -0.2) is 0 Å². The lowest BCUT2D eigenvalue weighted by Crippen LogP contribution is -2.09. The predicted molar refractivity (Wildman–Crippen MR) is 463 cm³/mol. The lowest BCUT2D eigenvalue weighted by atomic mass is 9.82. The summed E-state index contributed by atoms with van der Waals surface area (Å²) < 4.78 is 20.6. The van der Waals surface area contributed by atoms with E-state index in [0.29, 0.717) is 76.1 Å². The van der Waals surface area contributed by atoms with Gasteiger partial charge in [0.15, 0.2) is 0 Å². The third-order valence-electron chi connectivity index (χ3n) is 19.4. The van der Waals surface area contributed by atoms with Crippen molar-refractivity contribution >= 4 is 90.4 Å². The highest BCUT2D eigenvalue weighted by atomic mass is 16.7. The Bertz CT molecular complexity index is 5610. The molecule has 0 spiro atoms. The SMILES string of the molecule is CC(C)c1ccccc1[N+](=O)[O-].CC(OC=O)c1ccccc1[N+](=O)[O-].CC(c1ccccc1[N+](=O)[O-])C(C)c1ccccc1[N+](=O)[O-].CCc1cc(OC)c(C)cc1[N+](=O)[O-].CCc1cc2ccccc2cc1[N+](=O)[O-].CCc1cc2oc3ccccc3c2cc1[N+](=O)[O-].CCc1ccccc1[N+](=O)[O-].COc1cc(C(C)C)c([N+](=O)[O-])cc1C. The van der Waals surface area contributed by atoms with Gasteiger partial charge < -0.3 is 18.6 Å². The van der Waals surface area contributed by atoms with Crippen molar-refractivity contribution in [3.63, 3.8) is 0 Å². The molecule has 0 radical (unpaired) electrons. The van der Waals surface area contributed by atoms with Crippen LogP contribution in [0.2, 0.25) is 0 Å². The average Bonchev–Trinajstić information content (AvgIpc) is 1.64. The highest BCUT2D eigenvalue weighted by molar-refractivity contribution is 6.06. The fourth-order valence-corrected chi connectivity index (χ4v) is 12.8. The van der Waals surface area contributed by atoms with E-state index in [-0.39, 0.29) is 111 Å². The maximum Gasteiger partial charge on any atom is 0.293 e. The molecule has 12 aromatic rings. The molecule has 32 heteroatoms. The molecule has 3 unspecified atom stereocenters. The van der Waals surface area contributed by atoms with Crippen LogP contribution in [0.1, 0.15) is 167 Å². The summed E-state index contributed by atoms with van der Waals surface area (Å²) in [5.74, 6) is 1.27. The molecule has 0 saturated heterocycles. The first-order valence-electron chi connectivity index (χ1n) is 38.1. The van der Waals surface area contributed by atoms with Gasteiger partial charge in [0, 0.05) is 110 Å². The van der Waals surface area contributed by atoms with Crippen molar-refractivity contribution in [2.45, 2.75) is 145 Å². The molecule has 0 bridgehead atoms. The number of nitro benzene ring substituents is 9. The number of carbonyl (C=O) groups excluding carboxylic acids is 1. The number of carbonyl (C=O) groups is 1. The van der Waals surface area contributed by atoms with E-state index in [4.69, 9.17) is 13.9 Å². The monoisotopic (exact) mass is 1660 g/mol. The predicted octanol–water partition coefficient (Wildman–Crippen LogP) is 24.0. The number of furan rings is 1. The van der Waals surface area contributed by atoms with Crippen molar-refractivity contribution in [2.75, 3.05) is 14.2 Å². The molecule has 12 rings (SSSR count). The Morgan fingerprint density at radius 3 is 1.06 bits per heavy atom. The number of hydrogen-bond acceptors (Lipinski definition) is 23. The molecule has 0 fully saturated rings. The lowest BCUT2D eigenvalue weighted by molar-refractivity contribution is -0.386. The van der Waals surface area contributed by atoms with Crippen LogP contribution in [0.25, 0.3) is 32.7 Å². The van der Waals surface area contributed by atoms with Crippen molar-refractivity contribution in [1.82, 2.24) is 0 Å². The van der Waals surface area contributed by atoms with Gasteiger partial charge in [-0.2, -0.15) is 0 Å². The number of benzene rings is 11. The number of aryl methyl sites for hydroxylation is 6. The third-order valence-corrected chi connectivity index (χ3v) is 19.4. The van der Waals surface area contributed by atoms with E-state index in [1.807, 2.05) is 136 Å². The maximum absolute atomic E-state index is 11.2. The minimum Gasteiger partial charge on any atom is -0.496 e. The molecule has 1 aromatic heterocycles. The Labute approximate surface area is 696 Å². The zero-order chi connectivity index (χ0) is 90.1. The second kappa shape index (κ2) is 46.8. The number of nitro groups is 9.